The standard InChI is InChI=1S/C24H16N6OS/c31-30-22(19-14-25-11-12-26-19)21(29-24(30)20-2-1-13-32-20)16-5-3-15(4-6-16)17-7-9-27-23-18(17)8-10-28-23/h1-14,31H,(H,27,28). The fourth-order valence-corrected chi connectivity index (χ4v) is 4.55. The first-order chi connectivity index (χ1) is 15.8. The van der Waals surface area contributed by atoms with Crippen LogP contribution < -0.4 is 0 Å². The highest BCUT2D eigenvalue weighted by atomic mass is 32.1. The first-order valence-electron chi connectivity index (χ1n) is 9.95. The maximum absolute atomic E-state index is 11.0. The van der Waals surface area contributed by atoms with Gasteiger partial charge in [-0.3, -0.25) is 9.97 Å². The lowest BCUT2D eigenvalue weighted by molar-refractivity contribution is 0.195. The molecule has 0 aliphatic heterocycles. The average Bonchev–Trinajstić information content (AvgIpc) is 3.59. The monoisotopic (exact) mass is 436 g/mol. The summed E-state index contributed by atoms with van der Waals surface area (Å²) < 4.78 is 1.10. The topological polar surface area (TPSA) is 92.5 Å². The molecule has 0 radical (unpaired) electrons. The molecule has 0 aliphatic carbocycles. The summed E-state index contributed by atoms with van der Waals surface area (Å²) in [5, 5.41) is 14.0. The van der Waals surface area contributed by atoms with Crippen LogP contribution >= 0.6 is 11.3 Å². The van der Waals surface area contributed by atoms with Gasteiger partial charge >= 0.3 is 0 Å². The molecule has 0 atom stereocenters. The van der Waals surface area contributed by atoms with Gasteiger partial charge < -0.3 is 10.2 Å². The molecule has 0 spiro atoms. The first kappa shape index (κ1) is 18.5. The Balaban J connectivity index is 1.49. The van der Waals surface area contributed by atoms with Gasteiger partial charge in [-0.25, -0.2) is 9.97 Å². The predicted octanol–water partition coefficient (Wildman–Crippen LogP) is 5.52. The third-order valence-corrected chi connectivity index (χ3v) is 6.20. The quantitative estimate of drug-likeness (QED) is 0.355. The number of nitrogens with zero attached hydrogens (tertiary/aromatic N) is 5. The lowest BCUT2D eigenvalue weighted by Gasteiger charge is -2.07. The molecule has 0 bridgehead atoms. The number of hydrogen-bond donors (Lipinski definition) is 2. The van der Waals surface area contributed by atoms with Crippen molar-refractivity contribution >= 4 is 22.4 Å². The first-order valence-corrected chi connectivity index (χ1v) is 10.8. The molecule has 0 saturated heterocycles. The SMILES string of the molecule is On1c(-c2cccs2)nc(-c2ccc(-c3ccnc4[nH]ccc34)cc2)c1-c1cnccn1. The highest BCUT2D eigenvalue weighted by molar-refractivity contribution is 7.13. The number of pyridine rings is 1. The van der Waals surface area contributed by atoms with E-state index in [9.17, 15) is 5.21 Å². The fraction of sp³-hybridized carbons (Fsp3) is 0. The van der Waals surface area contributed by atoms with Gasteiger partial charge in [0, 0.05) is 35.7 Å². The van der Waals surface area contributed by atoms with Crippen LogP contribution in [0.15, 0.2) is 84.9 Å². The molecule has 5 heterocycles. The molecule has 5 aromatic heterocycles. The normalized spacial score (nSPS) is 11.2. The molecule has 0 amide bonds. The summed E-state index contributed by atoms with van der Waals surface area (Å²) in [6.45, 7) is 0. The van der Waals surface area contributed by atoms with Crippen molar-refractivity contribution in [2.45, 2.75) is 0 Å². The highest BCUT2D eigenvalue weighted by Gasteiger charge is 2.22. The zero-order valence-electron chi connectivity index (χ0n) is 16.7. The Morgan fingerprint density at radius 1 is 0.906 bits per heavy atom. The van der Waals surface area contributed by atoms with E-state index in [2.05, 4.69) is 32.1 Å². The number of benzene rings is 1. The molecule has 1 aromatic carbocycles. The lowest BCUT2D eigenvalue weighted by atomic mass is 10.0. The molecule has 0 aliphatic rings. The van der Waals surface area contributed by atoms with E-state index < -0.39 is 0 Å². The smallest absolute Gasteiger partial charge is 0.186 e. The lowest BCUT2D eigenvalue weighted by Crippen LogP contribution is -1.98. The maximum Gasteiger partial charge on any atom is 0.186 e. The van der Waals surface area contributed by atoms with Crippen molar-refractivity contribution in [2.24, 2.45) is 0 Å². The molecular weight excluding hydrogens is 420 g/mol. The molecule has 7 nitrogen and oxygen atoms in total. The van der Waals surface area contributed by atoms with E-state index in [4.69, 9.17) is 4.98 Å². The summed E-state index contributed by atoms with van der Waals surface area (Å²) in [4.78, 5) is 21.7. The minimum Gasteiger partial charge on any atom is -0.426 e. The molecule has 0 unspecified atom stereocenters. The van der Waals surface area contributed by atoms with E-state index in [0.717, 1.165) is 37.3 Å². The fourth-order valence-electron chi connectivity index (χ4n) is 3.85. The number of aromatic nitrogens is 6. The molecular formula is C24H16N6OS. The Morgan fingerprint density at radius 3 is 2.56 bits per heavy atom. The van der Waals surface area contributed by atoms with Gasteiger partial charge in [0.15, 0.2) is 5.82 Å². The molecule has 8 heteroatoms. The van der Waals surface area contributed by atoms with Gasteiger partial charge in [-0.15, -0.1) is 11.3 Å². The van der Waals surface area contributed by atoms with Gasteiger partial charge in [0.2, 0.25) is 0 Å². The summed E-state index contributed by atoms with van der Waals surface area (Å²) in [5.74, 6) is 0.475. The van der Waals surface area contributed by atoms with Crippen LogP contribution in [0, 0.1) is 0 Å². The van der Waals surface area contributed by atoms with Crippen molar-refractivity contribution in [2.75, 3.05) is 0 Å². The Morgan fingerprint density at radius 2 is 1.78 bits per heavy atom. The van der Waals surface area contributed by atoms with E-state index in [1.54, 1.807) is 24.8 Å². The van der Waals surface area contributed by atoms with Crippen LogP contribution in [0.3, 0.4) is 0 Å². The van der Waals surface area contributed by atoms with Crippen LogP contribution in [0.1, 0.15) is 0 Å². The van der Waals surface area contributed by atoms with E-state index in [0.29, 0.717) is 22.9 Å². The maximum atomic E-state index is 11.0. The summed E-state index contributed by atoms with van der Waals surface area (Å²) in [6.07, 6.45) is 8.52. The molecule has 6 aromatic rings. The van der Waals surface area contributed by atoms with Crippen LogP contribution in [0.5, 0.6) is 0 Å². The van der Waals surface area contributed by atoms with Crippen molar-refractivity contribution in [1.82, 2.24) is 29.7 Å². The van der Waals surface area contributed by atoms with Gasteiger partial charge in [-0.05, 0) is 34.7 Å². The van der Waals surface area contributed by atoms with Crippen LogP contribution in [0.4, 0.5) is 0 Å². The van der Waals surface area contributed by atoms with Crippen LogP contribution in [0.2, 0.25) is 0 Å². The number of imidazole rings is 1. The third-order valence-electron chi connectivity index (χ3n) is 5.33. The van der Waals surface area contributed by atoms with Crippen molar-refractivity contribution in [3.05, 3.63) is 84.9 Å². The molecule has 0 fully saturated rings. The highest BCUT2D eigenvalue weighted by Crippen LogP contribution is 2.36. The number of hydrogen-bond acceptors (Lipinski definition) is 6. The van der Waals surface area contributed by atoms with E-state index in [1.807, 2.05) is 48.0 Å². The number of thiophene rings is 1. The second kappa shape index (κ2) is 7.44. The zero-order valence-corrected chi connectivity index (χ0v) is 17.5. The van der Waals surface area contributed by atoms with Crippen molar-refractivity contribution < 1.29 is 5.21 Å². The summed E-state index contributed by atoms with van der Waals surface area (Å²) in [6, 6.07) is 16.0. The third kappa shape index (κ3) is 2.97. The number of fused-ring (bicyclic) bond motifs is 1. The summed E-state index contributed by atoms with van der Waals surface area (Å²) >= 11 is 1.52. The van der Waals surface area contributed by atoms with Gasteiger partial charge in [0.25, 0.3) is 0 Å². The minimum absolute atomic E-state index is 0.475. The largest absolute Gasteiger partial charge is 0.426 e. The van der Waals surface area contributed by atoms with Gasteiger partial charge in [0.05, 0.1) is 11.1 Å². The van der Waals surface area contributed by atoms with Crippen molar-refractivity contribution in [1.29, 1.82) is 0 Å². The molecule has 2 N–H and O–H groups in total. The Hall–Kier alpha value is -4.30. The Bertz CT molecular complexity index is 1520. The van der Waals surface area contributed by atoms with Gasteiger partial charge in [0.1, 0.15) is 22.7 Å². The molecule has 154 valence electrons. The molecule has 0 saturated carbocycles. The van der Waals surface area contributed by atoms with Gasteiger partial charge in [-0.1, -0.05) is 30.3 Å². The number of nitrogens with one attached hydrogen (secondary N) is 1. The minimum atomic E-state index is 0.475. The van der Waals surface area contributed by atoms with Crippen LogP contribution in [-0.2, 0) is 0 Å². The van der Waals surface area contributed by atoms with Crippen molar-refractivity contribution in [3.8, 4) is 44.5 Å². The number of aromatic amines is 1. The van der Waals surface area contributed by atoms with Gasteiger partial charge in [-0.2, -0.15) is 4.73 Å². The second-order valence-corrected chi connectivity index (χ2v) is 8.14. The number of rotatable bonds is 4. The Labute approximate surface area is 186 Å². The van der Waals surface area contributed by atoms with Crippen LogP contribution in [-0.4, -0.2) is 34.9 Å². The molecule has 6 rings (SSSR count). The summed E-state index contributed by atoms with van der Waals surface area (Å²) in [5.41, 5.74) is 5.60. The average molecular weight is 437 g/mol. The second-order valence-electron chi connectivity index (χ2n) is 7.19. The van der Waals surface area contributed by atoms with E-state index in [1.165, 1.54) is 11.3 Å². The summed E-state index contributed by atoms with van der Waals surface area (Å²) in [7, 11) is 0. The zero-order chi connectivity index (χ0) is 21.5. The van der Waals surface area contributed by atoms with E-state index in [-0.39, 0.29) is 0 Å². The predicted molar refractivity (Wildman–Crippen MR) is 124 cm³/mol. The van der Waals surface area contributed by atoms with E-state index >= 15 is 0 Å². The number of H-pyrrole nitrogens is 1. The molecule has 32 heavy (non-hydrogen) atoms. The van der Waals surface area contributed by atoms with Crippen LogP contribution in [0.25, 0.3) is 55.5 Å². The van der Waals surface area contributed by atoms with Crippen molar-refractivity contribution in [3.63, 3.8) is 0 Å². The Kier molecular flexibility index (Phi) is 4.29.